The first-order chi connectivity index (χ1) is 9.12. The standard InChI is InChI=1S/C16H21NO3/c1-9(18)13-8-17(5)14-11(13)6-10(16(2,3)4)7-12(14)15(19)20/h6-9,18H,1-5H3,(H,19,20). The average molecular weight is 275 g/mol. The molecule has 0 saturated carbocycles. The molecule has 108 valence electrons. The van der Waals surface area contributed by atoms with Gasteiger partial charge in [-0.25, -0.2) is 4.79 Å². The number of hydrogen-bond acceptors (Lipinski definition) is 2. The number of aryl methyl sites for hydroxylation is 1. The third kappa shape index (κ3) is 2.31. The molecule has 1 unspecified atom stereocenters. The van der Waals surface area contributed by atoms with E-state index in [0.717, 1.165) is 16.5 Å². The van der Waals surface area contributed by atoms with Gasteiger partial charge in [0, 0.05) is 24.2 Å². The van der Waals surface area contributed by atoms with E-state index in [9.17, 15) is 15.0 Å². The monoisotopic (exact) mass is 275 g/mol. The molecule has 4 nitrogen and oxygen atoms in total. The fourth-order valence-electron chi connectivity index (χ4n) is 2.51. The Morgan fingerprint density at radius 2 is 1.90 bits per heavy atom. The molecule has 1 heterocycles. The van der Waals surface area contributed by atoms with Gasteiger partial charge in [-0.05, 0) is 30.0 Å². The van der Waals surface area contributed by atoms with E-state index in [1.54, 1.807) is 30.8 Å². The molecule has 0 fully saturated rings. The summed E-state index contributed by atoms with van der Waals surface area (Å²) in [4.78, 5) is 11.5. The minimum atomic E-state index is -0.945. The summed E-state index contributed by atoms with van der Waals surface area (Å²) in [5.41, 5.74) is 2.50. The van der Waals surface area contributed by atoms with Crippen LogP contribution in [0.1, 0.15) is 55.3 Å². The van der Waals surface area contributed by atoms with Crippen molar-refractivity contribution in [1.29, 1.82) is 0 Å². The van der Waals surface area contributed by atoms with Crippen LogP contribution in [0.4, 0.5) is 0 Å². The van der Waals surface area contributed by atoms with Crippen molar-refractivity contribution in [2.45, 2.75) is 39.2 Å². The molecule has 0 saturated heterocycles. The fraction of sp³-hybridized carbons (Fsp3) is 0.438. The smallest absolute Gasteiger partial charge is 0.337 e. The van der Waals surface area contributed by atoms with E-state index < -0.39 is 12.1 Å². The zero-order chi connectivity index (χ0) is 15.2. The number of hydrogen-bond donors (Lipinski definition) is 2. The molecule has 2 aromatic rings. The van der Waals surface area contributed by atoms with Crippen LogP contribution in [0.25, 0.3) is 10.9 Å². The van der Waals surface area contributed by atoms with Gasteiger partial charge in [-0.1, -0.05) is 20.8 Å². The van der Waals surface area contributed by atoms with Crippen LogP contribution in [-0.2, 0) is 12.5 Å². The van der Waals surface area contributed by atoms with Gasteiger partial charge in [0.2, 0.25) is 0 Å². The van der Waals surface area contributed by atoms with Crippen molar-refractivity contribution in [3.05, 3.63) is 35.0 Å². The Labute approximate surface area is 118 Å². The molecule has 0 radical (unpaired) electrons. The highest BCUT2D eigenvalue weighted by Gasteiger charge is 2.22. The van der Waals surface area contributed by atoms with Gasteiger partial charge < -0.3 is 14.8 Å². The number of rotatable bonds is 2. The normalized spacial score (nSPS) is 13.7. The minimum absolute atomic E-state index is 0.149. The predicted octanol–water partition coefficient (Wildman–Crippen LogP) is 3.23. The lowest BCUT2D eigenvalue weighted by molar-refractivity contribution is 0.0698. The van der Waals surface area contributed by atoms with Crippen molar-refractivity contribution in [3.63, 3.8) is 0 Å². The Morgan fingerprint density at radius 1 is 1.30 bits per heavy atom. The molecule has 1 atom stereocenters. The largest absolute Gasteiger partial charge is 0.478 e. The first-order valence-corrected chi connectivity index (χ1v) is 6.67. The minimum Gasteiger partial charge on any atom is -0.478 e. The number of nitrogens with zero attached hydrogens (tertiary/aromatic N) is 1. The van der Waals surface area contributed by atoms with Crippen molar-refractivity contribution in [3.8, 4) is 0 Å². The second-order valence-corrected chi connectivity index (χ2v) is 6.35. The molecule has 20 heavy (non-hydrogen) atoms. The molecule has 2 N–H and O–H groups in total. The molecular weight excluding hydrogens is 254 g/mol. The number of carboxylic acids is 1. The van der Waals surface area contributed by atoms with E-state index in [1.165, 1.54) is 0 Å². The maximum Gasteiger partial charge on any atom is 0.337 e. The van der Waals surface area contributed by atoms with Gasteiger partial charge in [-0.15, -0.1) is 0 Å². The van der Waals surface area contributed by atoms with E-state index >= 15 is 0 Å². The van der Waals surface area contributed by atoms with Crippen LogP contribution in [-0.4, -0.2) is 20.7 Å². The van der Waals surface area contributed by atoms with E-state index in [2.05, 4.69) is 0 Å². The van der Waals surface area contributed by atoms with Crippen LogP contribution in [0.15, 0.2) is 18.3 Å². The third-order valence-electron chi connectivity index (χ3n) is 3.65. The van der Waals surface area contributed by atoms with Crippen LogP contribution in [0.3, 0.4) is 0 Å². The Hall–Kier alpha value is -1.81. The van der Waals surface area contributed by atoms with Crippen LogP contribution >= 0.6 is 0 Å². The summed E-state index contributed by atoms with van der Waals surface area (Å²) >= 11 is 0. The number of aromatic carboxylic acids is 1. The first kappa shape index (κ1) is 14.6. The van der Waals surface area contributed by atoms with E-state index in [1.807, 2.05) is 26.8 Å². The van der Waals surface area contributed by atoms with Gasteiger partial charge in [-0.3, -0.25) is 0 Å². The number of aromatic nitrogens is 1. The highest BCUT2D eigenvalue weighted by Crippen LogP contribution is 2.33. The van der Waals surface area contributed by atoms with E-state index in [-0.39, 0.29) is 11.0 Å². The maximum atomic E-state index is 11.5. The van der Waals surface area contributed by atoms with Crippen LogP contribution < -0.4 is 0 Å². The topological polar surface area (TPSA) is 62.5 Å². The van der Waals surface area contributed by atoms with Gasteiger partial charge in [0.15, 0.2) is 0 Å². The summed E-state index contributed by atoms with van der Waals surface area (Å²) in [6, 6.07) is 3.72. The lowest BCUT2D eigenvalue weighted by Crippen LogP contribution is -2.13. The highest BCUT2D eigenvalue weighted by atomic mass is 16.4. The molecule has 0 bridgehead atoms. The summed E-state index contributed by atoms with van der Waals surface area (Å²) in [5, 5.41) is 20.2. The highest BCUT2D eigenvalue weighted by molar-refractivity contribution is 6.04. The molecule has 0 aliphatic heterocycles. The van der Waals surface area contributed by atoms with Gasteiger partial charge >= 0.3 is 5.97 Å². The molecule has 1 aromatic heterocycles. The Kier molecular flexibility index (Phi) is 3.38. The van der Waals surface area contributed by atoms with Gasteiger partial charge in [-0.2, -0.15) is 0 Å². The SMILES string of the molecule is CC(O)c1cn(C)c2c(C(=O)O)cc(C(C)(C)C)cc12. The number of carboxylic acid groups (broad SMARTS) is 1. The number of carbonyl (C=O) groups is 1. The maximum absolute atomic E-state index is 11.5. The first-order valence-electron chi connectivity index (χ1n) is 6.67. The zero-order valence-electron chi connectivity index (χ0n) is 12.6. The van der Waals surface area contributed by atoms with Crippen molar-refractivity contribution < 1.29 is 15.0 Å². The van der Waals surface area contributed by atoms with Crippen molar-refractivity contribution in [1.82, 2.24) is 4.57 Å². The zero-order valence-corrected chi connectivity index (χ0v) is 12.6. The summed E-state index contributed by atoms with van der Waals surface area (Å²) in [6.07, 6.45) is 1.17. The van der Waals surface area contributed by atoms with Crippen molar-refractivity contribution >= 4 is 16.9 Å². The molecule has 2 rings (SSSR count). The van der Waals surface area contributed by atoms with Crippen molar-refractivity contribution in [2.24, 2.45) is 7.05 Å². The van der Waals surface area contributed by atoms with E-state index in [4.69, 9.17) is 0 Å². The Balaban J connectivity index is 2.91. The second kappa shape index (κ2) is 4.63. The molecule has 0 aliphatic carbocycles. The van der Waals surface area contributed by atoms with Gasteiger partial charge in [0.25, 0.3) is 0 Å². The number of fused-ring (bicyclic) bond motifs is 1. The van der Waals surface area contributed by atoms with Crippen molar-refractivity contribution in [2.75, 3.05) is 0 Å². The number of benzene rings is 1. The summed E-state index contributed by atoms with van der Waals surface area (Å²) in [6.45, 7) is 7.83. The molecular formula is C16H21NO3. The Bertz CT molecular complexity index is 675. The summed E-state index contributed by atoms with van der Waals surface area (Å²) < 4.78 is 1.77. The fourth-order valence-corrected chi connectivity index (χ4v) is 2.51. The van der Waals surface area contributed by atoms with Crippen LogP contribution in [0.2, 0.25) is 0 Å². The molecule has 0 amide bonds. The summed E-state index contributed by atoms with van der Waals surface area (Å²) in [5.74, 6) is -0.945. The lowest BCUT2D eigenvalue weighted by Gasteiger charge is -2.20. The van der Waals surface area contributed by atoms with Crippen LogP contribution in [0, 0.1) is 0 Å². The number of aliphatic hydroxyl groups is 1. The molecule has 0 spiro atoms. The predicted molar refractivity (Wildman–Crippen MR) is 79.2 cm³/mol. The van der Waals surface area contributed by atoms with Gasteiger partial charge in [0.05, 0.1) is 17.2 Å². The third-order valence-corrected chi connectivity index (χ3v) is 3.65. The van der Waals surface area contributed by atoms with E-state index in [0.29, 0.717) is 5.52 Å². The van der Waals surface area contributed by atoms with Gasteiger partial charge in [0.1, 0.15) is 0 Å². The molecule has 4 heteroatoms. The molecule has 1 aromatic carbocycles. The second-order valence-electron chi connectivity index (χ2n) is 6.35. The molecule has 0 aliphatic rings. The average Bonchev–Trinajstić information content (AvgIpc) is 2.65. The quantitative estimate of drug-likeness (QED) is 0.884. The number of aliphatic hydroxyl groups excluding tert-OH is 1. The summed E-state index contributed by atoms with van der Waals surface area (Å²) in [7, 11) is 1.80. The van der Waals surface area contributed by atoms with Crippen LogP contribution in [0.5, 0.6) is 0 Å². The lowest BCUT2D eigenvalue weighted by atomic mass is 9.84. The Morgan fingerprint density at radius 3 is 2.35 bits per heavy atom.